The highest BCUT2D eigenvalue weighted by molar-refractivity contribution is 14.0. The van der Waals surface area contributed by atoms with E-state index in [0.29, 0.717) is 12.5 Å². The quantitative estimate of drug-likeness (QED) is 0.270. The van der Waals surface area contributed by atoms with Crippen molar-refractivity contribution >= 4 is 35.9 Å². The Morgan fingerprint density at radius 3 is 2.57 bits per heavy atom. The van der Waals surface area contributed by atoms with Gasteiger partial charge in [-0.15, -0.1) is 24.0 Å². The van der Waals surface area contributed by atoms with Crippen LogP contribution < -0.4 is 5.32 Å². The highest BCUT2D eigenvalue weighted by Crippen LogP contribution is 2.24. The molecule has 2 unspecified atom stereocenters. The predicted molar refractivity (Wildman–Crippen MR) is 127 cm³/mol. The third-order valence-corrected chi connectivity index (χ3v) is 6.32. The highest BCUT2D eigenvalue weighted by Gasteiger charge is 2.37. The molecule has 0 radical (unpaired) electrons. The van der Waals surface area contributed by atoms with E-state index in [1.165, 1.54) is 7.11 Å². The van der Waals surface area contributed by atoms with Gasteiger partial charge in [-0.3, -0.25) is 14.7 Å². The molecule has 0 aromatic carbocycles. The minimum absolute atomic E-state index is 0. The molecule has 3 heterocycles. The van der Waals surface area contributed by atoms with Crippen molar-refractivity contribution in [1.29, 1.82) is 0 Å². The molecule has 0 bridgehead atoms. The second-order valence-corrected chi connectivity index (χ2v) is 8.41. The number of carbonyl (C=O) groups excluding carboxylic acids is 1. The number of likely N-dealkylation sites (tertiary alicyclic amines) is 2. The van der Waals surface area contributed by atoms with Crippen molar-refractivity contribution < 1.29 is 13.9 Å². The van der Waals surface area contributed by atoms with Gasteiger partial charge in [-0.05, 0) is 51.6 Å². The third kappa shape index (κ3) is 6.09. The number of methoxy groups -OCH3 is 1. The molecular weight excluding hydrogens is 497 g/mol. The number of ether oxygens (including phenoxy) is 1. The number of carbonyl (C=O) groups is 1. The van der Waals surface area contributed by atoms with Crippen molar-refractivity contribution in [2.24, 2.45) is 22.7 Å². The van der Waals surface area contributed by atoms with Gasteiger partial charge in [-0.1, -0.05) is 6.92 Å². The van der Waals surface area contributed by atoms with Crippen LogP contribution >= 0.6 is 24.0 Å². The number of rotatable bonds is 5. The van der Waals surface area contributed by atoms with E-state index < -0.39 is 0 Å². The van der Waals surface area contributed by atoms with Crippen LogP contribution in [-0.4, -0.2) is 73.6 Å². The second kappa shape index (κ2) is 11.3. The third-order valence-electron chi connectivity index (χ3n) is 6.32. The van der Waals surface area contributed by atoms with E-state index in [1.807, 2.05) is 13.8 Å². The number of guanidine groups is 1. The molecule has 8 nitrogen and oxygen atoms in total. The summed E-state index contributed by atoms with van der Waals surface area (Å²) in [6.45, 7) is 11.3. The average molecular weight is 533 g/mol. The molecule has 2 aliphatic rings. The predicted octanol–water partition coefficient (Wildman–Crippen LogP) is 2.44. The Hall–Kier alpha value is -1.36. The first-order valence-electron chi connectivity index (χ1n) is 10.6. The molecule has 3 rings (SSSR count). The Kier molecular flexibility index (Phi) is 9.39. The van der Waals surface area contributed by atoms with Crippen LogP contribution in [0.5, 0.6) is 0 Å². The summed E-state index contributed by atoms with van der Waals surface area (Å²) < 4.78 is 10.7. The molecule has 2 atom stereocenters. The van der Waals surface area contributed by atoms with Crippen LogP contribution in [0.2, 0.25) is 0 Å². The molecule has 2 saturated heterocycles. The van der Waals surface area contributed by atoms with Crippen molar-refractivity contribution in [2.75, 3.05) is 46.9 Å². The van der Waals surface area contributed by atoms with Crippen molar-refractivity contribution in [2.45, 2.75) is 40.2 Å². The molecule has 0 aliphatic carbocycles. The lowest BCUT2D eigenvalue weighted by molar-refractivity contribution is -0.145. The Bertz CT molecular complexity index is 711. The summed E-state index contributed by atoms with van der Waals surface area (Å²) in [6.07, 6.45) is 2.29. The number of hydrogen-bond donors (Lipinski definition) is 1. The van der Waals surface area contributed by atoms with Gasteiger partial charge in [0.25, 0.3) is 0 Å². The molecule has 9 heteroatoms. The first kappa shape index (κ1) is 24.9. The number of nitrogens with zero attached hydrogens (tertiary/aromatic N) is 4. The standard InChI is InChI=1S/C21H35N5O3.HI/c1-14-11-26(12-18(14)20(27)28-5)21(22-4)23-10-17-6-8-25(9-7-17)13-19-24-15(2)16(3)29-19;/h14,17-18H,6-13H2,1-5H3,(H,22,23);1H. The van der Waals surface area contributed by atoms with Gasteiger partial charge in [0, 0.05) is 26.7 Å². The van der Waals surface area contributed by atoms with Crippen LogP contribution in [0, 0.1) is 31.6 Å². The van der Waals surface area contributed by atoms with Crippen LogP contribution in [0.1, 0.15) is 37.1 Å². The fourth-order valence-electron chi connectivity index (χ4n) is 4.31. The minimum Gasteiger partial charge on any atom is -0.469 e. The maximum Gasteiger partial charge on any atom is 0.310 e. The Morgan fingerprint density at radius 1 is 1.30 bits per heavy atom. The molecule has 1 aromatic heterocycles. The smallest absolute Gasteiger partial charge is 0.310 e. The van der Waals surface area contributed by atoms with Crippen molar-refractivity contribution in [3.05, 3.63) is 17.3 Å². The summed E-state index contributed by atoms with van der Waals surface area (Å²) in [5.74, 6) is 3.30. The summed E-state index contributed by atoms with van der Waals surface area (Å²) in [5.41, 5.74) is 0.983. The zero-order valence-electron chi connectivity index (χ0n) is 18.8. The van der Waals surface area contributed by atoms with Crippen LogP contribution in [-0.2, 0) is 16.1 Å². The second-order valence-electron chi connectivity index (χ2n) is 8.41. The molecular formula is C21H36IN5O3. The summed E-state index contributed by atoms with van der Waals surface area (Å²) in [7, 11) is 3.27. The summed E-state index contributed by atoms with van der Waals surface area (Å²) in [6, 6.07) is 0. The number of aryl methyl sites for hydroxylation is 2. The van der Waals surface area contributed by atoms with E-state index in [9.17, 15) is 4.79 Å². The Balaban J connectivity index is 0.00000320. The van der Waals surface area contributed by atoms with Gasteiger partial charge in [0.1, 0.15) is 5.76 Å². The first-order chi connectivity index (χ1) is 13.9. The number of oxazole rings is 1. The van der Waals surface area contributed by atoms with E-state index in [2.05, 4.69) is 32.0 Å². The summed E-state index contributed by atoms with van der Waals surface area (Å²) in [5, 5.41) is 3.53. The Labute approximate surface area is 196 Å². The number of hydrogen-bond acceptors (Lipinski definition) is 6. The van der Waals surface area contributed by atoms with E-state index >= 15 is 0 Å². The van der Waals surface area contributed by atoms with Gasteiger partial charge in [-0.2, -0.15) is 0 Å². The number of aliphatic imine (C=N–C) groups is 1. The number of aromatic nitrogens is 1. The monoisotopic (exact) mass is 533 g/mol. The van der Waals surface area contributed by atoms with Crippen molar-refractivity contribution in [3.8, 4) is 0 Å². The zero-order valence-corrected chi connectivity index (χ0v) is 21.1. The van der Waals surface area contributed by atoms with Gasteiger partial charge < -0.3 is 19.4 Å². The molecule has 30 heavy (non-hydrogen) atoms. The lowest BCUT2D eigenvalue weighted by Crippen LogP contribution is -2.44. The Morgan fingerprint density at radius 2 is 2.00 bits per heavy atom. The van der Waals surface area contributed by atoms with E-state index in [4.69, 9.17) is 9.15 Å². The minimum atomic E-state index is -0.126. The lowest BCUT2D eigenvalue weighted by atomic mass is 9.97. The summed E-state index contributed by atoms with van der Waals surface area (Å²) >= 11 is 0. The topological polar surface area (TPSA) is 83.2 Å². The fourth-order valence-corrected chi connectivity index (χ4v) is 4.31. The van der Waals surface area contributed by atoms with Gasteiger partial charge >= 0.3 is 5.97 Å². The number of nitrogens with one attached hydrogen (secondary N) is 1. The molecule has 2 fully saturated rings. The lowest BCUT2D eigenvalue weighted by Gasteiger charge is -2.32. The van der Waals surface area contributed by atoms with Crippen LogP contribution in [0.3, 0.4) is 0 Å². The molecule has 0 saturated carbocycles. The SMILES string of the molecule is CN=C(NCC1CCN(Cc2nc(C)c(C)o2)CC1)N1CC(C)C(C(=O)OC)C1.I. The van der Waals surface area contributed by atoms with Gasteiger partial charge in [0.2, 0.25) is 5.89 Å². The van der Waals surface area contributed by atoms with Gasteiger partial charge in [0.05, 0.1) is 25.3 Å². The maximum atomic E-state index is 11.9. The van der Waals surface area contributed by atoms with Crippen LogP contribution in [0.4, 0.5) is 0 Å². The van der Waals surface area contributed by atoms with E-state index in [1.54, 1.807) is 7.05 Å². The molecule has 1 aromatic rings. The molecule has 2 aliphatic heterocycles. The highest BCUT2D eigenvalue weighted by atomic mass is 127. The van der Waals surface area contributed by atoms with Crippen molar-refractivity contribution in [3.63, 3.8) is 0 Å². The largest absolute Gasteiger partial charge is 0.469 e. The van der Waals surface area contributed by atoms with Crippen molar-refractivity contribution in [1.82, 2.24) is 20.1 Å². The zero-order chi connectivity index (χ0) is 21.0. The van der Waals surface area contributed by atoms with Gasteiger partial charge in [0.15, 0.2) is 5.96 Å². The first-order valence-corrected chi connectivity index (χ1v) is 10.6. The molecule has 1 N–H and O–H groups in total. The number of piperidine rings is 1. The summed E-state index contributed by atoms with van der Waals surface area (Å²) in [4.78, 5) is 25.5. The maximum absolute atomic E-state index is 11.9. The molecule has 170 valence electrons. The fraction of sp³-hybridized carbons (Fsp3) is 0.762. The van der Waals surface area contributed by atoms with Gasteiger partial charge in [-0.25, -0.2) is 4.98 Å². The normalized spacial score (nSPS) is 23.4. The number of esters is 1. The van der Waals surface area contributed by atoms with E-state index in [0.717, 1.165) is 68.9 Å². The van der Waals surface area contributed by atoms with Crippen LogP contribution in [0.25, 0.3) is 0 Å². The van der Waals surface area contributed by atoms with E-state index in [-0.39, 0.29) is 41.8 Å². The van der Waals surface area contributed by atoms with Crippen LogP contribution in [0.15, 0.2) is 9.41 Å². The average Bonchev–Trinajstić information content (AvgIpc) is 3.24. The molecule has 0 spiro atoms. The molecule has 0 amide bonds. The number of halogens is 1.